The van der Waals surface area contributed by atoms with Crippen LogP contribution in [0.25, 0.3) is 0 Å². The summed E-state index contributed by atoms with van der Waals surface area (Å²) in [7, 11) is 1.12. The van der Waals surface area contributed by atoms with Gasteiger partial charge in [0.05, 0.1) is 7.11 Å². The topological polar surface area (TPSA) is 77.2 Å². The molecule has 1 fully saturated rings. The molecular formula is C9H10F3N3O2S. The SMILES string of the molecule is COC(=O)c1c(N)nsc1NC1(C(F)(F)F)CC1. The third kappa shape index (κ3) is 1.98. The fraction of sp³-hybridized carbons (Fsp3) is 0.556. The molecule has 0 amide bonds. The predicted octanol–water partition coefficient (Wildman–Crippen LogP) is 2.02. The maximum absolute atomic E-state index is 12.8. The number of methoxy groups -OCH3 is 1. The highest BCUT2D eigenvalue weighted by molar-refractivity contribution is 7.11. The van der Waals surface area contributed by atoms with Crippen LogP contribution in [0.4, 0.5) is 24.0 Å². The number of nitrogens with two attached hydrogens (primary N) is 1. The van der Waals surface area contributed by atoms with Crippen molar-refractivity contribution in [3.63, 3.8) is 0 Å². The fourth-order valence-corrected chi connectivity index (χ4v) is 2.31. The summed E-state index contributed by atoms with van der Waals surface area (Å²) in [5, 5.41) is 2.32. The summed E-state index contributed by atoms with van der Waals surface area (Å²) in [5.74, 6) is -0.936. The summed E-state index contributed by atoms with van der Waals surface area (Å²) in [4.78, 5) is 11.4. The van der Waals surface area contributed by atoms with E-state index in [1.54, 1.807) is 0 Å². The predicted molar refractivity (Wildman–Crippen MR) is 59.5 cm³/mol. The quantitative estimate of drug-likeness (QED) is 0.829. The summed E-state index contributed by atoms with van der Waals surface area (Å²) < 4.78 is 46.5. The van der Waals surface area contributed by atoms with Gasteiger partial charge in [0.1, 0.15) is 16.1 Å². The minimum atomic E-state index is -4.38. The van der Waals surface area contributed by atoms with Gasteiger partial charge < -0.3 is 15.8 Å². The number of aromatic nitrogens is 1. The van der Waals surface area contributed by atoms with Crippen LogP contribution in [0.3, 0.4) is 0 Å². The minimum absolute atomic E-state index is 0.00539. The molecule has 0 bridgehead atoms. The number of halogens is 3. The summed E-state index contributed by atoms with van der Waals surface area (Å²) >= 11 is 0.716. The van der Waals surface area contributed by atoms with Gasteiger partial charge in [0.25, 0.3) is 0 Å². The number of nitrogen functional groups attached to an aromatic ring is 1. The van der Waals surface area contributed by atoms with E-state index in [1.165, 1.54) is 0 Å². The van der Waals surface area contributed by atoms with Crippen molar-refractivity contribution in [2.24, 2.45) is 0 Å². The van der Waals surface area contributed by atoms with Crippen molar-refractivity contribution in [1.82, 2.24) is 4.37 Å². The van der Waals surface area contributed by atoms with Gasteiger partial charge in [0.15, 0.2) is 5.82 Å². The molecule has 0 spiro atoms. The maximum Gasteiger partial charge on any atom is 0.411 e. The van der Waals surface area contributed by atoms with E-state index < -0.39 is 17.7 Å². The number of ether oxygens (including phenoxy) is 1. The molecule has 0 radical (unpaired) electrons. The van der Waals surface area contributed by atoms with E-state index in [2.05, 4.69) is 14.4 Å². The van der Waals surface area contributed by atoms with Gasteiger partial charge in [-0.2, -0.15) is 17.5 Å². The number of esters is 1. The molecule has 100 valence electrons. The molecule has 0 unspecified atom stereocenters. The Labute approximate surface area is 104 Å². The number of hydrogen-bond acceptors (Lipinski definition) is 6. The van der Waals surface area contributed by atoms with E-state index in [9.17, 15) is 18.0 Å². The van der Waals surface area contributed by atoms with Gasteiger partial charge in [-0.05, 0) is 24.4 Å². The average Bonchev–Trinajstić information content (AvgIpc) is 2.98. The molecule has 1 saturated carbocycles. The minimum Gasteiger partial charge on any atom is -0.465 e. The highest BCUT2D eigenvalue weighted by atomic mass is 32.1. The van der Waals surface area contributed by atoms with E-state index in [1.807, 2.05) is 0 Å². The van der Waals surface area contributed by atoms with Crippen LogP contribution < -0.4 is 11.1 Å². The van der Waals surface area contributed by atoms with Gasteiger partial charge in [-0.3, -0.25) is 0 Å². The zero-order chi connectivity index (χ0) is 13.6. The van der Waals surface area contributed by atoms with Crippen LogP contribution in [-0.4, -0.2) is 29.2 Å². The molecule has 0 aromatic carbocycles. The van der Waals surface area contributed by atoms with Crippen molar-refractivity contribution in [2.45, 2.75) is 24.6 Å². The zero-order valence-electron chi connectivity index (χ0n) is 9.30. The molecule has 1 aliphatic carbocycles. The second-order valence-corrected chi connectivity index (χ2v) is 4.74. The summed E-state index contributed by atoms with van der Waals surface area (Å²) in [5.41, 5.74) is 3.34. The van der Waals surface area contributed by atoms with Crippen molar-refractivity contribution in [3.8, 4) is 0 Å². The van der Waals surface area contributed by atoms with Crippen LogP contribution in [0.5, 0.6) is 0 Å². The van der Waals surface area contributed by atoms with Crippen molar-refractivity contribution >= 4 is 28.3 Å². The molecule has 0 saturated heterocycles. The summed E-state index contributed by atoms with van der Waals surface area (Å²) in [6.07, 6.45) is -4.44. The standard InChI is InChI=1S/C9H10F3N3O2S/c1-17-7(16)4-5(13)15-18-6(4)14-8(2-3-8)9(10,11)12/h14H,2-3H2,1H3,(H2,13,15). The van der Waals surface area contributed by atoms with E-state index >= 15 is 0 Å². The number of nitrogens with one attached hydrogen (secondary N) is 1. The third-order valence-corrected chi connectivity index (χ3v) is 3.53. The average molecular weight is 281 g/mol. The molecule has 1 aliphatic rings. The van der Waals surface area contributed by atoms with Gasteiger partial charge in [-0.25, -0.2) is 4.79 Å². The van der Waals surface area contributed by atoms with Crippen molar-refractivity contribution in [2.75, 3.05) is 18.2 Å². The number of carbonyl (C=O) groups excluding carboxylic acids is 1. The second-order valence-electron chi connectivity index (χ2n) is 3.97. The zero-order valence-corrected chi connectivity index (χ0v) is 10.1. The Kier molecular flexibility index (Phi) is 2.88. The van der Waals surface area contributed by atoms with E-state index in [0.717, 1.165) is 7.11 Å². The fourth-order valence-electron chi connectivity index (χ4n) is 1.51. The molecule has 0 atom stereocenters. The van der Waals surface area contributed by atoms with Gasteiger partial charge in [0.2, 0.25) is 0 Å². The van der Waals surface area contributed by atoms with Crippen LogP contribution in [0.2, 0.25) is 0 Å². The van der Waals surface area contributed by atoms with Crippen LogP contribution in [-0.2, 0) is 4.74 Å². The normalized spacial score (nSPS) is 17.3. The molecule has 1 aromatic rings. The molecule has 1 aromatic heterocycles. The second kappa shape index (κ2) is 4.01. The highest BCUT2D eigenvalue weighted by Crippen LogP contribution is 2.52. The lowest BCUT2D eigenvalue weighted by Gasteiger charge is -2.21. The van der Waals surface area contributed by atoms with Crippen molar-refractivity contribution < 1.29 is 22.7 Å². The Bertz CT molecular complexity index is 482. The summed E-state index contributed by atoms with van der Waals surface area (Å²) in [6.45, 7) is 0. The Hall–Kier alpha value is -1.51. The lowest BCUT2D eigenvalue weighted by Crippen LogP contribution is -2.38. The first-order valence-electron chi connectivity index (χ1n) is 4.99. The molecule has 9 heteroatoms. The molecule has 3 N–H and O–H groups in total. The number of alkyl halides is 3. The van der Waals surface area contributed by atoms with Crippen LogP contribution in [0, 0.1) is 0 Å². The number of carbonyl (C=O) groups is 1. The van der Waals surface area contributed by atoms with Crippen LogP contribution in [0.15, 0.2) is 0 Å². The Balaban J connectivity index is 2.29. The van der Waals surface area contributed by atoms with E-state index in [4.69, 9.17) is 5.73 Å². The molecule has 0 aliphatic heterocycles. The van der Waals surface area contributed by atoms with E-state index in [-0.39, 0.29) is 29.2 Å². The first kappa shape index (κ1) is 12.9. The number of hydrogen-bond donors (Lipinski definition) is 2. The monoisotopic (exact) mass is 281 g/mol. The van der Waals surface area contributed by atoms with Crippen LogP contribution >= 0.6 is 11.5 Å². The molecule has 2 rings (SSSR count). The third-order valence-electron chi connectivity index (χ3n) is 2.75. The number of anilines is 2. The Morgan fingerprint density at radius 2 is 2.17 bits per heavy atom. The van der Waals surface area contributed by atoms with Crippen molar-refractivity contribution in [1.29, 1.82) is 0 Å². The lowest BCUT2D eigenvalue weighted by atomic mass is 10.2. The lowest BCUT2D eigenvalue weighted by molar-refractivity contribution is -0.151. The first-order chi connectivity index (χ1) is 8.31. The smallest absolute Gasteiger partial charge is 0.411 e. The number of nitrogens with zero attached hydrogens (tertiary/aromatic N) is 1. The molecular weight excluding hydrogens is 271 g/mol. The Morgan fingerprint density at radius 1 is 1.56 bits per heavy atom. The largest absolute Gasteiger partial charge is 0.465 e. The van der Waals surface area contributed by atoms with Gasteiger partial charge >= 0.3 is 12.1 Å². The van der Waals surface area contributed by atoms with Gasteiger partial charge in [-0.1, -0.05) is 0 Å². The highest BCUT2D eigenvalue weighted by Gasteiger charge is 2.64. The molecule has 1 heterocycles. The van der Waals surface area contributed by atoms with Gasteiger partial charge in [-0.15, -0.1) is 0 Å². The molecule has 18 heavy (non-hydrogen) atoms. The van der Waals surface area contributed by atoms with Crippen LogP contribution in [0.1, 0.15) is 23.2 Å². The summed E-state index contributed by atoms with van der Waals surface area (Å²) in [6, 6.07) is 0. The van der Waals surface area contributed by atoms with E-state index in [0.29, 0.717) is 11.5 Å². The first-order valence-corrected chi connectivity index (χ1v) is 5.76. The Morgan fingerprint density at radius 3 is 2.61 bits per heavy atom. The molecule has 5 nitrogen and oxygen atoms in total. The van der Waals surface area contributed by atoms with Gasteiger partial charge in [0, 0.05) is 0 Å². The maximum atomic E-state index is 12.8. The van der Waals surface area contributed by atoms with Crippen molar-refractivity contribution in [3.05, 3.63) is 5.56 Å². The number of rotatable bonds is 3.